The number of rotatable bonds is 3. The molecule has 5 heteroatoms. The highest BCUT2D eigenvalue weighted by Crippen LogP contribution is 2.39. The van der Waals surface area contributed by atoms with Crippen molar-refractivity contribution >= 4 is 15.6 Å². The lowest BCUT2D eigenvalue weighted by atomic mass is 9.84. The zero-order chi connectivity index (χ0) is 15.9. The maximum Gasteiger partial charge on any atom is 0.156 e. The van der Waals surface area contributed by atoms with E-state index in [9.17, 15) is 17.6 Å². The van der Waals surface area contributed by atoms with Gasteiger partial charge in [0.25, 0.3) is 0 Å². The van der Waals surface area contributed by atoms with Crippen LogP contribution in [-0.2, 0) is 21.1 Å². The van der Waals surface area contributed by atoms with Crippen LogP contribution in [0.2, 0.25) is 0 Å². The fraction of sp³-hybridized carbons (Fsp3) is 0.588. The van der Waals surface area contributed by atoms with Crippen LogP contribution in [0, 0.1) is 18.7 Å². The summed E-state index contributed by atoms with van der Waals surface area (Å²) in [6.07, 6.45) is 3.40. The highest BCUT2D eigenvalue weighted by Gasteiger charge is 2.45. The van der Waals surface area contributed by atoms with E-state index in [-0.39, 0.29) is 34.4 Å². The van der Waals surface area contributed by atoms with E-state index in [4.69, 9.17) is 0 Å². The quantitative estimate of drug-likeness (QED) is 0.859. The Hall–Kier alpha value is -1.23. The van der Waals surface area contributed by atoms with E-state index in [1.54, 1.807) is 19.1 Å². The molecule has 0 saturated carbocycles. The molecule has 0 N–H and O–H groups in total. The number of carbonyl (C=O) groups excluding carboxylic acids is 1. The molecule has 0 spiro atoms. The predicted octanol–water partition coefficient (Wildman–Crippen LogP) is 2.99. The molecule has 2 aliphatic rings. The van der Waals surface area contributed by atoms with Crippen LogP contribution in [0.1, 0.15) is 43.2 Å². The first-order valence-corrected chi connectivity index (χ1v) is 9.49. The van der Waals surface area contributed by atoms with E-state index in [0.29, 0.717) is 36.8 Å². The summed E-state index contributed by atoms with van der Waals surface area (Å²) in [6, 6.07) is 4.86. The highest BCUT2D eigenvalue weighted by molar-refractivity contribution is 7.92. The van der Waals surface area contributed by atoms with Gasteiger partial charge in [0.2, 0.25) is 0 Å². The topological polar surface area (TPSA) is 51.2 Å². The third-order valence-electron chi connectivity index (χ3n) is 5.15. The van der Waals surface area contributed by atoms with Crippen molar-refractivity contribution in [2.75, 3.05) is 0 Å². The van der Waals surface area contributed by atoms with Gasteiger partial charge in [0.15, 0.2) is 9.84 Å². The molecule has 2 bridgehead atoms. The van der Waals surface area contributed by atoms with Crippen molar-refractivity contribution < 1.29 is 17.6 Å². The molecule has 0 amide bonds. The largest absolute Gasteiger partial charge is 0.299 e. The number of hydrogen-bond donors (Lipinski definition) is 0. The Balaban J connectivity index is 1.72. The number of halogens is 1. The molecule has 0 radical (unpaired) electrons. The minimum atomic E-state index is -3.03. The van der Waals surface area contributed by atoms with Crippen LogP contribution in [-0.4, -0.2) is 24.7 Å². The van der Waals surface area contributed by atoms with Crippen molar-refractivity contribution in [2.45, 2.75) is 55.9 Å². The van der Waals surface area contributed by atoms with E-state index < -0.39 is 9.84 Å². The van der Waals surface area contributed by atoms with Crippen molar-refractivity contribution in [1.82, 2.24) is 0 Å². The number of ketones is 1. The summed E-state index contributed by atoms with van der Waals surface area (Å²) in [6.45, 7) is 1.69. The SMILES string of the molecule is Cc1ccc(CC(=O)C2CC3CCCC(C2)S3(=O)=O)cc1F. The summed E-state index contributed by atoms with van der Waals surface area (Å²) in [5.41, 5.74) is 1.24. The Morgan fingerprint density at radius 3 is 2.45 bits per heavy atom. The minimum Gasteiger partial charge on any atom is -0.299 e. The van der Waals surface area contributed by atoms with Gasteiger partial charge in [-0.05, 0) is 49.8 Å². The van der Waals surface area contributed by atoms with E-state index in [1.165, 1.54) is 6.07 Å². The summed E-state index contributed by atoms with van der Waals surface area (Å²) < 4.78 is 38.1. The second kappa shape index (κ2) is 5.76. The standard InChI is InChI=1S/C17H21FO3S/c1-11-5-6-12(7-16(11)18)8-17(19)13-9-14-3-2-4-15(10-13)22(14,20)21/h5-7,13-15H,2-4,8-10H2,1H3. The second-order valence-corrected chi connectivity index (χ2v) is 9.17. The number of carbonyl (C=O) groups is 1. The smallest absolute Gasteiger partial charge is 0.156 e. The molecular weight excluding hydrogens is 303 g/mol. The van der Waals surface area contributed by atoms with Crippen LogP contribution in [0.4, 0.5) is 4.39 Å². The molecule has 2 fully saturated rings. The maximum absolute atomic E-state index is 13.6. The van der Waals surface area contributed by atoms with Gasteiger partial charge in [-0.15, -0.1) is 0 Å². The Morgan fingerprint density at radius 1 is 1.23 bits per heavy atom. The maximum atomic E-state index is 13.6. The monoisotopic (exact) mass is 324 g/mol. The highest BCUT2D eigenvalue weighted by atomic mass is 32.2. The van der Waals surface area contributed by atoms with Crippen molar-refractivity contribution in [3.05, 3.63) is 35.1 Å². The second-order valence-electron chi connectivity index (χ2n) is 6.66. The number of sulfone groups is 1. The zero-order valence-corrected chi connectivity index (χ0v) is 13.5. The molecule has 2 heterocycles. The Morgan fingerprint density at radius 2 is 1.86 bits per heavy atom. The van der Waals surface area contributed by atoms with Crippen LogP contribution in [0.5, 0.6) is 0 Å². The van der Waals surface area contributed by atoms with Gasteiger partial charge < -0.3 is 0 Å². The molecule has 120 valence electrons. The molecule has 1 aromatic rings. The van der Waals surface area contributed by atoms with Crippen LogP contribution >= 0.6 is 0 Å². The number of hydrogen-bond acceptors (Lipinski definition) is 3. The molecular formula is C17H21FO3S. The third kappa shape index (κ3) is 2.83. The van der Waals surface area contributed by atoms with Gasteiger partial charge in [-0.25, -0.2) is 12.8 Å². The number of aryl methyl sites for hydroxylation is 1. The summed E-state index contributed by atoms with van der Waals surface area (Å²) in [4.78, 5) is 12.5. The Kier molecular flexibility index (Phi) is 4.10. The van der Waals surface area contributed by atoms with E-state index in [0.717, 1.165) is 6.42 Å². The summed E-state index contributed by atoms with van der Waals surface area (Å²) in [7, 11) is -3.03. The van der Waals surface area contributed by atoms with Crippen LogP contribution in [0.3, 0.4) is 0 Å². The van der Waals surface area contributed by atoms with Gasteiger partial charge in [-0.3, -0.25) is 4.79 Å². The molecule has 0 aliphatic carbocycles. The van der Waals surface area contributed by atoms with Crippen LogP contribution in [0.15, 0.2) is 18.2 Å². The summed E-state index contributed by atoms with van der Waals surface area (Å²) in [5.74, 6) is -0.438. The van der Waals surface area contributed by atoms with Crippen molar-refractivity contribution in [3.8, 4) is 0 Å². The number of fused-ring (bicyclic) bond motifs is 2. The van der Waals surface area contributed by atoms with Gasteiger partial charge in [-0.2, -0.15) is 0 Å². The lowest BCUT2D eigenvalue weighted by Gasteiger charge is -2.38. The van der Waals surface area contributed by atoms with E-state index in [1.807, 2.05) is 0 Å². The molecule has 3 nitrogen and oxygen atoms in total. The first kappa shape index (κ1) is 15.7. The molecule has 2 atom stereocenters. The Labute approximate surface area is 130 Å². The summed E-state index contributed by atoms with van der Waals surface area (Å²) in [5, 5.41) is -0.688. The molecule has 3 rings (SSSR count). The van der Waals surface area contributed by atoms with Gasteiger partial charge in [0, 0.05) is 12.3 Å². The van der Waals surface area contributed by atoms with Gasteiger partial charge >= 0.3 is 0 Å². The lowest BCUT2D eigenvalue weighted by molar-refractivity contribution is -0.122. The fourth-order valence-corrected chi connectivity index (χ4v) is 6.30. The van der Waals surface area contributed by atoms with Crippen molar-refractivity contribution in [2.24, 2.45) is 5.92 Å². The van der Waals surface area contributed by atoms with Gasteiger partial charge in [-0.1, -0.05) is 18.6 Å². The number of benzene rings is 1. The van der Waals surface area contributed by atoms with Crippen LogP contribution < -0.4 is 0 Å². The van der Waals surface area contributed by atoms with Gasteiger partial charge in [0.1, 0.15) is 11.6 Å². The predicted molar refractivity (Wildman–Crippen MR) is 82.9 cm³/mol. The number of Topliss-reactive ketones (excluding diaryl/α,β-unsaturated/α-hetero) is 1. The average Bonchev–Trinajstić information content (AvgIpc) is 2.41. The van der Waals surface area contributed by atoms with Gasteiger partial charge in [0.05, 0.1) is 10.5 Å². The Bertz CT molecular complexity index is 676. The van der Waals surface area contributed by atoms with Crippen molar-refractivity contribution in [3.63, 3.8) is 0 Å². The molecule has 2 saturated heterocycles. The van der Waals surface area contributed by atoms with E-state index >= 15 is 0 Å². The first-order chi connectivity index (χ1) is 10.4. The molecule has 0 aromatic heterocycles. The third-order valence-corrected chi connectivity index (χ3v) is 7.86. The zero-order valence-electron chi connectivity index (χ0n) is 12.7. The summed E-state index contributed by atoms with van der Waals surface area (Å²) >= 11 is 0. The van der Waals surface area contributed by atoms with Crippen molar-refractivity contribution in [1.29, 1.82) is 0 Å². The van der Waals surface area contributed by atoms with Crippen LogP contribution in [0.25, 0.3) is 0 Å². The molecule has 2 unspecified atom stereocenters. The first-order valence-electron chi connectivity index (χ1n) is 7.88. The normalized spacial score (nSPS) is 30.0. The lowest BCUT2D eigenvalue weighted by Crippen LogP contribution is -2.45. The molecule has 22 heavy (non-hydrogen) atoms. The minimum absolute atomic E-state index is 0.0510. The molecule has 2 aliphatic heterocycles. The fourth-order valence-electron chi connectivity index (χ4n) is 3.76. The van der Waals surface area contributed by atoms with E-state index in [2.05, 4.69) is 0 Å². The average molecular weight is 324 g/mol. The molecule has 1 aromatic carbocycles.